The Morgan fingerprint density at radius 1 is 1.32 bits per heavy atom. The lowest BCUT2D eigenvalue weighted by Gasteiger charge is -2.35. The molecule has 1 N–H and O–H groups in total. The fraction of sp³-hybridized carbons (Fsp3) is 0.857. The topological polar surface area (TPSA) is 66.8 Å². The number of hydrogen-bond acceptors (Lipinski definition) is 3. The van der Waals surface area contributed by atoms with Crippen molar-refractivity contribution in [1.29, 1.82) is 0 Å². The SMILES string of the molecule is C[C@@H](CC(=O)O)C1CCN(C(=O)OC(C)(C)C)CC1. The first kappa shape index (κ1) is 15.8. The Hall–Kier alpha value is -1.26. The zero-order chi connectivity index (χ0) is 14.6. The largest absolute Gasteiger partial charge is 0.481 e. The molecule has 1 fully saturated rings. The Bertz CT molecular complexity index is 327. The van der Waals surface area contributed by atoms with Crippen LogP contribution in [0, 0.1) is 11.8 Å². The first-order chi connectivity index (χ1) is 8.69. The fourth-order valence-electron chi connectivity index (χ4n) is 2.42. The van der Waals surface area contributed by atoms with Crippen LogP contribution in [-0.2, 0) is 9.53 Å². The van der Waals surface area contributed by atoms with E-state index in [1.54, 1.807) is 4.90 Å². The summed E-state index contributed by atoms with van der Waals surface area (Å²) >= 11 is 0. The molecule has 1 heterocycles. The van der Waals surface area contributed by atoms with Gasteiger partial charge in [0.1, 0.15) is 5.60 Å². The van der Waals surface area contributed by atoms with Gasteiger partial charge in [0.2, 0.25) is 0 Å². The number of aliphatic carboxylic acids is 1. The number of amides is 1. The van der Waals surface area contributed by atoms with Crippen LogP contribution in [0.15, 0.2) is 0 Å². The third-order valence-corrected chi connectivity index (χ3v) is 3.49. The third kappa shape index (κ3) is 5.49. The van der Waals surface area contributed by atoms with Crippen molar-refractivity contribution in [2.24, 2.45) is 11.8 Å². The molecule has 1 saturated heterocycles. The van der Waals surface area contributed by atoms with E-state index in [1.165, 1.54) is 0 Å². The summed E-state index contributed by atoms with van der Waals surface area (Å²) in [6, 6.07) is 0. The third-order valence-electron chi connectivity index (χ3n) is 3.49. The van der Waals surface area contributed by atoms with Crippen LogP contribution < -0.4 is 0 Å². The van der Waals surface area contributed by atoms with Crippen LogP contribution in [0.5, 0.6) is 0 Å². The van der Waals surface area contributed by atoms with Crippen molar-refractivity contribution in [2.75, 3.05) is 13.1 Å². The number of hydrogen-bond donors (Lipinski definition) is 1. The molecule has 1 atom stereocenters. The Balaban J connectivity index is 2.40. The van der Waals surface area contributed by atoms with E-state index in [1.807, 2.05) is 27.7 Å². The first-order valence-corrected chi connectivity index (χ1v) is 6.89. The van der Waals surface area contributed by atoms with E-state index in [2.05, 4.69) is 0 Å². The quantitative estimate of drug-likeness (QED) is 0.857. The molecule has 110 valence electrons. The molecule has 1 aliphatic heterocycles. The summed E-state index contributed by atoms with van der Waals surface area (Å²) in [6.07, 6.45) is 1.65. The van der Waals surface area contributed by atoms with Gasteiger partial charge in [-0.25, -0.2) is 4.79 Å². The predicted octanol–water partition coefficient (Wildman–Crippen LogP) is 2.74. The normalized spacial score (nSPS) is 19.1. The molecule has 0 aromatic carbocycles. The molecule has 0 unspecified atom stereocenters. The molecule has 0 aliphatic carbocycles. The lowest BCUT2D eigenvalue weighted by Crippen LogP contribution is -2.42. The van der Waals surface area contributed by atoms with Crippen LogP contribution >= 0.6 is 0 Å². The maximum atomic E-state index is 11.9. The van der Waals surface area contributed by atoms with E-state index in [4.69, 9.17) is 9.84 Å². The van der Waals surface area contributed by atoms with Crippen LogP contribution in [0.1, 0.15) is 47.0 Å². The number of piperidine rings is 1. The molecule has 0 aromatic heterocycles. The van der Waals surface area contributed by atoms with E-state index in [-0.39, 0.29) is 18.4 Å². The molecule has 19 heavy (non-hydrogen) atoms. The van der Waals surface area contributed by atoms with Crippen molar-refractivity contribution in [3.63, 3.8) is 0 Å². The first-order valence-electron chi connectivity index (χ1n) is 6.89. The minimum Gasteiger partial charge on any atom is -0.481 e. The van der Waals surface area contributed by atoms with Crippen LogP contribution in [0.2, 0.25) is 0 Å². The molecular weight excluding hydrogens is 246 g/mol. The smallest absolute Gasteiger partial charge is 0.410 e. The fourth-order valence-corrected chi connectivity index (χ4v) is 2.42. The molecule has 1 aliphatic rings. The van der Waals surface area contributed by atoms with Gasteiger partial charge in [-0.3, -0.25) is 4.79 Å². The number of carboxylic acids is 1. The van der Waals surface area contributed by atoms with Gasteiger partial charge in [-0.15, -0.1) is 0 Å². The van der Waals surface area contributed by atoms with Gasteiger partial charge in [0.05, 0.1) is 0 Å². The van der Waals surface area contributed by atoms with Crippen molar-refractivity contribution in [1.82, 2.24) is 4.90 Å². The number of rotatable bonds is 3. The summed E-state index contributed by atoms with van der Waals surface area (Å²) < 4.78 is 5.33. The van der Waals surface area contributed by atoms with E-state index >= 15 is 0 Å². The van der Waals surface area contributed by atoms with Crippen LogP contribution in [0.3, 0.4) is 0 Å². The Morgan fingerprint density at radius 3 is 2.26 bits per heavy atom. The van der Waals surface area contributed by atoms with E-state index < -0.39 is 11.6 Å². The summed E-state index contributed by atoms with van der Waals surface area (Å²) in [7, 11) is 0. The molecule has 0 radical (unpaired) electrons. The minimum atomic E-state index is -0.748. The summed E-state index contributed by atoms with van der Waals surface area (Å²) in [5.41, 5.74) is -0.468. The molecule has 0 spiro atoms. The van der Waals surface area contributed by atoms with Crippen molar-refractivity contribution < 1.29 is 19.4 Å². The van der Waals surface area contributed by atoms with Crippen molar-refractivity contribution in [2.45, 2.75) is 52.6 Å². The maximum absolute atomic E-state index is 11.9. The van der Waals surface area contributed by atoms with Gasteiger partial charge in [-0.1, -0.05) is 6.92 Å². The number of likely N-dealkylation sites (tertiary alicyclic amines) is 1. The highest BCUT2D eigenvalue weighted by molar-refractivity contribution is 5.68. The second kappa shape index (κ2) is 6.26. The Morgan fingerprint density at radius 2 is 1.84 bits per heavy atom. The molecular formula is C14H25NO4. The van der Waals surface area contributed by atoms with Crippen molar-refractivity contribution in [3.05, 3.63) is 0 Å². The monoisotopic (exact) mass is 271 g/mol. The standard InChI is InChI=1S/C14H25NO4/c1-10(9-12(16)17)11-5-7-15(8-6-11)13(18)19-14(2,3)4/h10-11H,5-9H2,1-4H3,(H,16,17)/t10-/m0/s1. The van der Waals surface area contributed by atoms with Crippen LogP contribution in [0.4, 0.5) is 4.79 Å². The summed E-state index contributed by atoms with van der Waals surface area (Å²) in [6.45, 7) is 8.85. The average Bonchev–Trinajstić information content (AvgIpc) is 2.26. The number of carboxylic acid groups (broad SMARTS) is 1. The van der Waals surface area contributed by atoms with E-state index in [0.717, 1.165) is 12.8 Å². The molecule has 0 saturated carbocycles. The molecule has 1 amide bonds. The number of nitrogens with zero attached hydrogens (tertiary/aromatic N) is 1. The van der Waals surface area contributed by atoms with E-state index in [9.17, 15) is 9.59 Å². The minimum absolute atomic E-state index is 0.165. The van der Waals surface area contributed by atoms with Crippen LogP contribution in [-0.4, -0.2) is 40.8 Å². The van der Waals surface area contributed by atoms with Gasteiger partial charge in [0.25, 0.3) is 0 Å². The van der Waals surface area contributed by atoms with Crippen LogP contribution in [0.25, 0.3) is 0 Å². The van der Waals surface area contributed by atoms with Gasteiger partial charge in [0, 0.05) is 19.5 Å². The lowest BCUT2D eigenvalue weighted by atomic mass is 9.84. The molecule has 5 nitrogen and oxygen atoms in total. The van der Waals surface area contributed by atoms with Crippen molar-refractivity contribution >= 4 is 12.1 Å². The number of carbonyl (C=O) groups excluding carboxylic acids is 1. The summed E-state index contributed by atoms with van der Waals surface area (Å²) in [4.78, 5) is 24.3. The second-order valence-corrected chi connectivity index (χ2v) is 6.38. The number of ether oxygens (including phenoxy) is 1. The van der Waals surface area contributed by atoms with Gasteiger partial charge >= 0.3 is 12.1 Å². The number of carbonyl (C=O) groups is 2. The van der Waals surface area contributed by atoms with Crippen molar-refractivity contribution in [3.8, 4) is 0 Å². The van der Waals surface area contributed by atoms with Gasteiger partial charge in [0.15, 0.2) is 0 Å². The Labute approximate surface area is 114 Å². The highest BCUT2D eigenvalue weighted by Crippen LogP contribution is 2.27. The van der Waals surface area contributed by atoms with Gasteiger partial charge in [-0.05, 0) is 45.4 Å². The average molecular weight is 271 g/mol. The lowest BCUT2D eigenvalue weighted by molar-refractivity contribution is -0.138. The second-order valence-electron chi connectivity index (χ2n) is 6.38. The van der Waals surface area contributed by atoms with Gasteiger partial charge < -0.3 is 14.7 Å². The molecule has 1 rings (SSSR count). The Kier molecular flexibility index (Phi) is 5.20. The highest BCUT2D eigenvalue weighted by atomic mass is 16.6. The summed E-state index contributed by atoms with van der Waals surface area (Å²) in [5.74, 6) is -0.199. The summed E-state index contributed by atoms with van der Waals surface area (Å²) in [5, 5.41) is 8.80. The predicted molar refractivity (Wildman–Crippen MR) is 71.9 cm³/mol. The molecule has 5 heteroatoms. The highest BCUT2D eigenvalue weighted by Gasteiger charge is 2.29. The zero-order valence-electron chi connectivity index (χ0n) is 12.3. The van der Waals surface area contributed by atoms with E-state index in [0.29, 0.717) is 19.0 Å². The molecule has 0 aromatic rings. The zero-order valence-corrected chi connectivity index (χ0v) is 12.3. The molecule has 0 bridgehead atoms. The van der Waals surface area contributed by atoms with Gasteiger partial charge in [-0.2, -0.15) is 0 Å². The maximum Gasteiger partial charge on any atom is 0.410 e.